The lowest BCUT2D eigenvalue weighted by Gasteiger charge is -2.34. The van der Waals surface area contributed by atoms with Gasteiger partial charge in [0.25, 0.3) is 5.91 Å². The minimum absolute atomic E-state index is 0.106. The number of hydrogen-bond acceptors (Lipinski definition) is 5. The van der Waals surface area contributed by atoms with Gasteiger partial charge in [0.05, 0.1) is 12.8 Å². The molecule has 0 spiro atoms. The van der Waals surface area contributed by atoms with E-state index < -0.39 is 0 Å². The Balaban J connectivity index is 1.37. The van der Waals surface area contributed by atoms with Crippen molar-refractivity contribution in [3.05, 3.63) is 54.1 Å². The maximum absolute atomic E-state index is 12.3. The molecule has 0 atom stereocenters. The molecule has 2 heterocycles. The molecule has 0 bridgehead atoms. The normalized spacial score (nSPS) is 14.1. The second-order valence-corrected chi connectivity index (χ2v) is 6.53. The Hall–Kier alpha value is -2.96. The van der Waals surface area contributed by atoms with Crippen LogP contribution >= 0.6 is 0 Å². The number of ether oxygens (including phenoxy) is 1. The van der Waals surface area contributed by atoms with E-state index in [1.165, 1.54) is 24.2 Å². The van der Waals surface area contributed by atoms with Crippen molar-refractivity contribution in [3.8, 4) is 5.75 Å². The molecule has 7 heteroatoms. The molecular weight excluding hydrogens is 344 g/mol. The van der Waals surface area contributed by atoms with Gasteiger partial charge in [0.2, 0.25) is 5.91 Å². The van der Waals surface area contributed by atoms with Crippen molar-refractivity contribution in [2.75, 3.05) is 32.8 Å². The highest BCUT2D eigenvalue weighted by molar-refractivity contribution is 5.92. The SMILES string of the molecule is Cc1ccc(OCCCC(=O)N2CCN(C(=O)c3cnccn3)CC2)cc1. The first-order chi connectivity index (χ1) is 13.1. The summed E-state index contributed by atoms with van der Waals surface area (Å²) >= 11 is 0. The van der Waals surface area contributed by atoms with Crippen molar-refractivity contribution >= 4 is 11.8 Å². The molecule has 0 saturated carbocycles. The van der Waals surface area contributed by atoms with E-state index in [-0.39, 0.29) is 11.8 Å². The second-order valence-electron chi connectivity index (χ2n) is 6.53. The van der Waals surface area contributed by atoms with Gasteiger partial charge in [0.1, 0.15) is 11.4 Å². The van der Waals surface area contributed by atoms with E-state index in [2.05, 4.69) is 9.97 Å². The van der Waals surface area contributed by atoms with Gasteiger partial charge < -0.3 is 14.5 Å². The summed E-state index contributed by atoms with van der Waals surface area (Å²) in [7, 11) is 0. The quantitative estimate of drug-likeness (QED) is 0.728. The minimum atomic E-state index is -0.137. The lowest BCUT2D eigenvalue weighted by atomic mass is 10.2. The molecule has 0 radical (unpaired) electrons. The first-order valence-electron chi connectivity index (χ1n) is 9.16. The van der Waals surface area contributed by atoms with Gasteiger partial charge in [0, 0.05) is 45.0 Å². The van der Waals surface area contributed by atoms with Gasteiger partial charge in [0.15, 0.2) is 0 Å². The molecule has 3 rings (SSSR count). The number of piperazine rings is 1. The summed E-state index contributed by atoms with van der Waals surface area (Å²) < 4.78 is 5.66. The third kappa shape index (κ3) is 5.26. The molecule has 1 saturated heterocycles. The number of aromatic nitrogens is 2. The van der Waals surface area contributed by atoms with Gasteiger partial charge in [-0.3, -0.25) is 14.6 Å². The Morgan fingerprint density at radius 1 is 1.04 bits per heavy atom. The molecule has 0 aliphatic carbocycles. The van der Waals surface area contributed by atoms with Crippen LogP contribution in [0.25, 0.3) is 0 Å². The van der Waals surface area contributed by atoms with E-state index in [1.54, 1.807) is 4.90 Å². The highest BCUT2D eigenvalue weighted by Gasteiger charge is 2.25. The molecule has 142 valence electrons. The van der Waals surface area contributed by atoms with Crippen molar-refractivity contribution in [1.29, 1.82) is 0 Å². The summed E-state index contributed by atoms with van der Waals surface area (Å²) in [5.41, 5.74) is 1.53. The third-order valence-corrected chi connectivity index (χ3v) is 4.53. The van der Waals surface area contributed by atoms with Crippen LogP contribution in [0.3, 0.4) is 0 Å². The Labute approximate surface area is 159 Å². The van der Waals surface area contributed by atoms with Crippen molar-refractivity contribution in [2.24, 2.45) is 0 Å². The maximum atomic E-state index is 12.3. The summed E-state index contributed by atoms with van der Waals surface area (Å²) in [6.45, 7) is 4.66. The molecule has 1 aromatic carbocycles. The van der Waals surface area contributed by atoms with Crippen LogP contribution in [-0.2, 0) is 4.79 Å². The number of aryl methyl sites for hydroxylation is 1. The average Bonchev–Trinajstić information content (AvgIpc) is 2.72. The van der Waals surface area contributed by atoms with Crippen LogP contribution < -0.4 is 4.74 Å². The smallest absolute Gasteiger partial charge is 0.274 e. The lowest BCUT2D eigenvalue weighted by molar-refractivity contribution is -0.132. The zero-order valence-electron chi connectivity index (χ0n) is 15.5. The Morgan fingerprint density at radius 2 is 1.74 bits per heavy atom. The van der Waals surface area contributed by atoms with Crippen molar-refractivity contribution < 1.29 is 14.3 Å². The molecule has 1 fully saturated rings. The van der Waals surface area contributed by atoms with Gasteiger partial charge in [-0.25, -0.2) is 4.98 Å². The third-order valence-electron chi connectivity index (χ3n) is 4.53. The summed E-state index contributed by atoms with van der Waals surface area (Å²) in [6.07, 6.45) is 5.63. The number of carbonyl (C=O) groups is 2. The summed E-state index contributed by atoms with van der Waals surface area (Å²) in [5, 5.41) is 0. The van der Waals surface area contributed by atoms with E-state index in [0.29, 0.717) is 51.3 Å². The standard InChI is InChI=1S/C20H24N4O3/c1-16-4-6-17(7-5-16)27-14-2-3-19(25)23-10-12-24(13-11-23)20(26)18-15-21-8-9-22-18/h4-9,15H,2-3,10-14H2,1H3. The maximum Gasteiger partial charge on any atom is 0.274 e. The molecule has 0 N–H and O–H groups in total. The molecular formula is C20H24N4O3. The topological polar surface area (TPSA) is 75.6 Å². The van der Waals surface area contributed by atoms with Crippen LogP contribution in [0.1, 0.15) is 28.9 Å². The number of nitrogens with zero attached hydrogens (tertiary/aromatic N) is 4. The van der Waals surface area contributed by atoms with Gasteiger partial charge in [-0.15, -0.1) is 0 Å². The number of rotatable bonds is 6. The predicted octanol–water partition coefficient (Wildman–Crippen LogP) is 1.93. The fraction of sp³-hybridized carbons (Fsp3) is 0.400. The fourth-order valence-corrected chi connectivity index (χ4v) is 2.94. The van der Waals surface area contributed by atoms with Gasteiger partial charge >= 0.3 is 0 Å². The second kappa shape index (κ2) is 9.12. The van der Waals surface area contributed by atoms with Crippen LogP contribution in [0.5, 0.6) is 5.75 Å². The molecule has 7 nitrogen and oxygen atoms in total. The fourth-order valence-electron chi connectivity index (χ4n) is 2.94. The summed E-state index contributed by atoms with van der Waals surface area (Å²) in [4.78, 5) is 36.2. The first kappa shape index (κ1) is 18.8. The van der Waals surface area contributed by atoms with Crippen LogP contribution in [0.4, 0.5) is 0 Å². The van der Waals surface area contributed by atoms with Gasteiger partial charge in [-0.05, 0) is 25.5 Å². The largest absolute Gasteiger partial charge is 0.494 e. The summed E-state index contributed by atoms with van der Waals surface area (Å²) in [6, 6.07) is 7.87. The number of hydrogen-bond donors (Lipinski definition) is 0. The molecule has 2 amide bonds. The van der Waals surface area contributed by atoms with Crippen LogP contribution in [0, 0.1) is 6.92 Å². The Morgan fingerprint density at radius 3 is 2.41 bits per heavy atom. The van der Waals surface area contributed by atoms with Crippen molar-refractivity contribution in [3.63, 3.8) is 0 Å². The van der Waals surface area contributed by atoms with Crippen molar-refractivity contribution in [2.45, 2.75) is 19.8 Å². The van der Waals surface area contributed by atoms with E-state index in [9.17, 15) is 9.59 Å². The van der Waals surface area contributed by atoms with Crippen molar-refractivity contribution in [1.82, 2.24) is 19.8 Å². The molecule has 1 aliphatic heterocycles. The lowest BCUT2D eigenvalue weighted by Crippen LogP contribution is -2.50. The number of carbonyl (C=O) groups excluding carboxylic acids is 2. The summed E-state index contributed by atoms with van der Waals surface area (Å²) in [5.74, 6) is 0.792. The zero-order valence-corrected chi connectivity index (χ0v) is 15.5. The molecule has 2 aromatic rings. The first-order valence-corrected chi connectivity index (χ1v) is 9.16. The molecule has 1 aliphatic rings. The number of benzene rings is 1. The van der Waals surface area contributed by atoms with Crippen LogP contribution in [0.2, 0.25) is 0 Å². The minimum Gasteiger partial charge on any atom is -0.494 e. The van der Waals surface area contributed by atoms with E-state index in [4.69, 9.17) is 4.74 Å². The highest BCUT2D eigenvalue weighted by atomic mass is 16.5. The predicted molar refractivity (Wildman–Crippen MR) is 100 cm³/mol. The number of amides is 2. The van der Waals surface area contributed by atoms with E-state index >= 15 is 0 Å². The molecule has 0 unspecified atom stereocenters. The highest BCUT2D eigenvalue weighted by Crippen LogP contribution is 2.12. The Kier molecular flexibility index (Phi) is 6.35. The zero-order chi connectivity index (χ0) is 19.1. The van der Waals surface area contributed by atoms with Crippen LogP contribution in [-0.4, -0.2) is 64.4 Å². The van der Waals surface area contributed by atoms with E-state index in [1.807, 2.05) is 36.1 Å². The average molecular weight is 368 g/mol. The monoisotopic (exact) mass is 368 g/mol. The molecule has 1 aromatic heterocycles. The van der Waals surface area contributed by atoms with Gasteiger partial charge in [-0.2, -0.15) is 0 Å². The van der Waals surface area contributed by atoms with E-state index in [0.717, 1.165) is 5.75 Å². The van der Waals surface area contributed by atoms with Gasteiger partial charge in [-0.1, -0.05) is 17.7 Å². The Bertz CT molecular complexity index is 757. The molecule has 27 heavy (non-hydrogen) atoms. The van der Waals surface area contributed by atoms with Crippen LogP contribution in [0.15, 0.2) is 42.9 Å².